The molecule has 17 heavy (non-hydrogen) atoms. The van der Waals surface area contributed by atoms with Gasteiger partial charge in [-0.1, -0.05) is 12.2 Å². The van der Waals surface area contributed by atoms with Crippen LogP contribution >= 0.6 is 39.9 Å². The molecule has 0 saturated heterocycles. The summed E-state index contributed by atoms with van der Waals surface area (Å²) >= 11 is 10.3. The van der Waals surface area contributed by atoms with E-state index in [2.05, 4.69) is 27.5 Å². The highest BCUT2D eigenvalue weighted by atomic mass is 79.9. The van der Waals surface area contributed by atoms with Gasteiger partial charge in [0.05, 0.1) is 0 Å². The first kappa shape index (κ1) is 14.8. The SMILES string of the molecule is CSCCCCNc1ccc(C(N)=S)cc1Br. The van der Waals surface area contributed by atoms with E-state index in [1.54, 1.807) is 0 Å². The number of nitrogens with two attached hydrogens (primary N) is 1. The summed E-state index contributed by atoms with van der Waals surface area (Å²) < 4.78 is 1.01. The fourth-order valence-corrected chi connectivity index (χ4v) is 2.54. The number of rotatable bonds is 7. The average Bonchev–Trinajstić information content (AvgIpc) is 2.30. The molecule has 0 radical (unpaired) electrons. The van der Waals surface area contributed by atoms with Crippen LogP contribution < -0.4 is 11.1 Å². The van der Waals surface area contributed by atoms with Crippen LogP contribution in [0.4, 0.5) is 5.69 Å². The predicted molar refractivity (Wildman–Crippen MR) is 86.1 cm³/mol. The predicted octanol–water partition coefficient (Wildman–Crippen LogP) is 3.64. The number of benzene rings is 1. The lowest BCUT2D eigenvalue weighted by atomic mass is 10.2. The van der Waals surface area contributed by atoms with Crippen molar-refractivity contribution < 1.29 is 0 Å². The third-order valence-electron chi connectivity index (χ3n) is 2.34. The van der Waals surface area contributed by atoms with Crippen LogP contribution in [0, 0.1) is 0 Å². The summed E-state index contributed by atoms with van der Waals surface area (Å²) in [6, 6.07) is 5.90. The molecule has 0 aromatic heterocycles. The molecule has 5 heteroatoms. The third-order valence-corrected chi connectivity index (χ3v) is 3.93. The van der Waals surface area contributed by atoms with Crippen molar-refractivity contribution in [3.8, 4) is 0 Å². The van der Waals surface area contributed by atoms with Crippen molar-refractivity contribution in [2.75, 3.05) is 23.9 Å². The van der Waals surface area contributed by atoms with Crippen molar-refractivity contribution in [2.24, 2.45) is 5.73 Å². The first-order valence-electron chi connectivity index (χ1n) is 5.47. The summed E-state index contributed by atoms with van der Waals surface area (Å²) in [7, 11) is 0. The number of thiocarbonyl (C=S) groups is 1. The summed E-state index contributed by atoms with van der Waals surface area (Å²) in [4.78, 5) is 0.428. The second kappa shape index (κ2) is 7.95. The van der Waals surface area contributed by atoms with Crippen LogP contribution in [0.15, 0.2) is 22.7 Å². The fourth-order valence-electron chi connectivity index (χ4n) is 1.41. The zero-order valence-corrected chi connectivity index (χ0v) is 13.1. The molecule has 1 aromatic carbocycles. The van der Waals surface area contributed by atoms with Crippen molar-refractivity contribution in [3.05, 3.63) is 28.2 Å². The molecule has 0 saturated carbocycles. The Bertz CT molecular complexity index is 383. The van der Waals surface area contributed by atoms with E-state index >= 15 is 0 Å². The first-order chi connectivity index (χ1) is 8.15. The van der Waals surface area contributed by atoms with E-state index in [1.165, 1.54) is 18.6 Å². The van der Waals surface area contributed by atoms with E-state index in [-0.39, 0.29) is 0 Å². The molecule has 0 heterocycles. The van der Waals surface area contributed by atoms with Gasteiger partial charge < -0.3 is 11.1 Å². The summed E-state index contributed by atoms with van der Waals surface area (Å²) in [6.45, 7) is 0.992. The summed E-state index contributed by atoms with van der Waals surface area (Å²) in [5.74, 6) is 1.23. The lowest BCUT2D eigenvalue weighted by Crippen LogP contribution is -2.10. The molecule has 0 spiro atoms. The standard InChI is InChI=1S/C12H17BrN2S2/c1-17-7-3-2-6-15-11-5-4-9(12(14)16)8-10(11)13/h4-5,8,15H,2-3,6-7H2,1H3,(H2,14,16). The second-order valence-electron chi connectivity index (χ2n) is 3.69. The number of hydrogen-bond acceptors (Lipinski definition) is 3. The Morgan fingerprint density at radius 3 is 2.82 bits per heavy atom. The fraction of sp³-hybridized carbons (Fsp3) is 0.417. The Labute approximate surface area is 121 Å². The Hall–Kier alpha value is -0.260. The zero-order valence-electron chi connectivity index (χ0n) is 9.83. The minimum absolute atomic E-state index is 0.428. The van der Waals surface area contributed by atoms with Crippen LogP contribution in [-0.2, 0) is 0 Å². The average molecular weight is 333 g/mol. The molecule has 0 amide bonds. The van der Waals surface area contributed by atoms with Gasteiger partial charge in [-0.15, -0.1) is 0 Å². The van der Waals surface area contributed by atoms with Crippen LogP contribution in [0.1, 0.15) is 18.4 Å². The molecule has 0 aliphatic rings. The molecule has 1 aromatic rings. The number of nitrogens with one attached hydrogen (secondary N) is 1. The Kier molecular flexibility index (Phi) is 6.92. The maximum atomic E-state index is 5.58. The maximum Gasteiger partial charge on any atom is 0.104 e. The monoisotopic (exact) mass is 332 g/mol. The van der Waals surface area contributed by atoms with E-state index in [0.717, 1.165) is 22.3 Å². The maximum absolute atomic E-state index is 5.58. The van der Waals surface area contributed by atoms with Crippen LogP contribution in [0.5, 0.6) is 0 Å². The van der Waals surface area contributed by atoms with E-state index < -0.39 is 0 Å². The molecule has 94 valence electrons. The van der Waals surface area contributed by atoms with Gasteiger partial charge in [-0.05, 0) is 59.0 Å². The van der Waals surface area contributed by atoms with Gasteiger partial charge in [0.2, 0.25) is 0 Å². The largest absolute Gasteiger partial charge is 0.389 e. The Morgan fingerprint density at radius 2 is 2.24 bits per heavy atom. The number of anilines is 1. The van der Waals surface area contributed by atoms with Gasteiger partial charge >= 0.3 is 0 Å². The van der Waals surface area contributed by atoms with E-state index in [0.29, 0.717) is 4.99 Å². The van der Waals surface area contributed by atoms with Gasteiger partial charge in [-0.25, -0.2) is 0 Å². The van der Waals surface area contributed by atoms with Crippen molar-refractivity contribution in [1.82, 2.24) is 0 Å². The summed E-state index contributed by atoms with van der Waals surface area (Å²) in [5.41, 5.74) is 7.56. The van der Waals surface area contributed by atoms with Crippen molar-refractivity contribution in [3.63, 3.8) is 0 Å². The number of halogens is 1. The molecule has 2 nitrogen and oxygen atoms in total. The van der Waals surface area contributed by atoms with E-state index in [9.17, 15) is 0 Å². The molecule has 3 N–H and O–H groups in total. The molecular formula is C12H17BrN2S2. The lowest BCUT2D eigenvalue weighted by molar-refractivity contribution is 0.843. The first-order valence-corrected chi connectivity index (χ1v) is 8.07. The molecule has 0 aliphatic heterocycles. The minimum atomic E-state index is 0.428. The quantitative estimate of drug-likeness (QED) is 0.590. The third kappa shape index (κ3) is 5.27. The topological polar surface area (TPSA) is 38.0 Å². The molecule has 1 rings (SSSR count). The highest BCUT2D eigenvalue weighted by Crippen LogP contribution is 2.23. The number of thioether (sulfide) groups is 1. The molecule has 0 fully saturated rings. The molecule has 0 aliphatic carbocycles. The van der Waals surface area contributed by atoms with Crippen molar-refractivity contribution in [1.29, 1.82) is 0 Å². The second-order valence-corrected chi connectivity index (χ2v) is 5.97. The zero-order chi connectivity index (χ0) is 12.7. The lowest BCUT2D eigenvalue weighted by Gasteiger charge is -2.09. The number of hydrogen-bond donors (Lipinski definition) is 2. The highest BCUT2D eigenvalue weighted by Gasteiger charge is 2.02. The van der Waals surface area contributed by atoms with E-state index in [4.69, 9.17) is 18.0 Å². The van der Waals surface area contributed by atoms with Gasteiger partial charge in [-0.3, -0.25) is 0 Å². The normalized spacial score (nSPS) is 10.2. The van der Waals surface area contributed by atoms with Gasteiger partial charge in [0.25, 0.3) is 0 Å². The molecule has 0 atom stereocenters. The smallest absolute Gasteiger partial charge is 0.104 e. The van der Waals surface area contributed by atoms with Crippen LogP contribution in [-0.4, -0.2) is 23.5 Å². The Morgan fingerprint density at radius 1 is 1.47 bits per heavy atom. The van der Waals surface area contributed by atoms with Crippen LogP contribution in [0.2, 0.25) is 0 Å². The van der Waals surface area contributed by atoms with Crippen LogP contribution in [0.3, 0.4) is 0 Å². The molecule has 0 unspecified atom stereocenters. The van der Waals surface area contributed by atoms with Gasteiger partial charge in [0, 0.05) is 22.3 Å². The van der Waals surface area contributed by atoms with Crippen molar-refractivity contribution in [2.45, 2.75) is 12.8 Å². The molecule has 0 bridgehead atoms. The van der Waals surface area contributed by atoms with Gasteiger partial charge in [0.15, 0.2) is 0 Å². The van der Waals surface area contributed by atoms with Crippen LogP contribution in [0.25, 0.3) is 0 Å². The van der Waals surface area contributed by atoms with Gasteiger partial charge in [-0.2, -0.15) is 11.8 Å². The highest BCUT2D eigenvalue weighted by molar-refractivity contribution is 9.10. The summed E-state index contributed by atoms with van der Waals surface area (Å²) in [6.07, 6.45) is 4.57. The van der Waals surface area contributed by atoms with Crippen molar-refractivity contribution >= 4 is 50.6 Å². The number of unbranched alkanes of at least 4 members (excludes halogenated alkanes) is 1. The van der Waals surface area contributed by atoms with Gasteiger partial charge in [0.1, 0.15) is 4.99 Å². The van der Waals surface area contributed by atoms with E-state index in [1.807, 2.05) is 30.0 Å². The molecular weight excluding hydrogens is 316 g/mol. The summed E-state index contributed by atoms with van der Waals surface area (Å²) in [5, 5.41) is 3.40. The Balaban J connectivity index is 2.46. The minimum Gasteiger partial charge on any atom is -0.389 e.